The first-order valence-corrected chi connectivity index (χ1v) is 8.08. The van der Waals surface area contributed by atoms with Crippen molar-refractivity contribution in [3.8, 4) is 0 Å². The number of rotatable bonds is 5. The van der Waals surface area contributed by atoms with Gasteiger partial charge in [-0.15, -0.1) is 0 Å². The van der Waals surface area contributed by atoms with Gasteiger partial charge >= 0.3 is 5.97 Å². The third-order valence-corrected chi connectivity index (χ3v) is 4.12. The van der Waals surface area contributed by atoms with Crippen molar-refractivity contribution >= 4 is 40.2 Å². The Bertz CT molecular complexity index is 526. The van der Waals surface area contributed by atoms with Crippen molar-refractivity contribution in [3.05, 3.63) is 27.3 Å². The van der Waals surface area contributed by atoms with E-state index in [4.69, 9.17) is 9.84 Å². The Morgan fingerprint density at radius 1 is 1.38 bits per heavy atom. The van der Waals surface area contributed by atoms with E-state index in [1.54, 1.807) is 18.2 Å². The van der Waals surface area contributed by atoms with Crippen molar-refractivity contribution in [2.24, 2.45) is 0 Å². The van der Waals surface area contributed by atoms with Gasteiger partial charge in [-0.1, -0.05) is 0 Å². The standard InChI is InChI=1S/C15H18INO4/c16-10-4-6-13(12(9-10)15(19)20)17-14(18)7-5-11-3-1-2-8-21-11/h4,6,9,11H,1-3,5,7-8H2,(H,17,18)(H,19,20). The maximum atomic E-state index is 12.0. The Hall–Kier alpha value is -1.15. The van der Waals surface area contributed by atoms with Gasteiger partial charge in [-0.25, -0.2) is 4.79 Å². The normalized spacial score (nSPS) is 18.2. The molecule has 1 heterocycles. The first kappa shape index (κ1) is 16.2. The van der Waals surface area contributed by atoms with Crippen LogP contribution in [0.2, 0.25) is 0 Å². The van der Waals surface area contributed by atoms with Crippen LogP contribution in [-0.4, -0.2) is 29.7 Å². The summed E-state index contributed by atoms with van der Waals surface area (Å²) in [5, 5.41) is 11.8. The van der Waals surface area contributed by atoms with Gasteiger partial charge in [-0.2, -0.15) is 0 Å². The van der Waals surface area contributed by atoms with Gasteiger partial charge in [0.15, 0.2) is 0 Å². The van der Waals surface area contributed by atoms with E-state index in [9.17, 15) is 9.59 Å². The van der Waals surface area contributed by atoms with Crippen molar-refractivity contribution in [1.29, 1.82) is 0 Å². The number of aromatic carboxylic acids is 1. The average Bonchev–Trinajstić information content (AvgIpc) is 2.48. The van der Waals surface area contributed by atoms with Crippen LogP contribution in [0, 0.1) is 3.57 Å². The molecule has 1 aromatic carbocycles. The molecule has 5 nitrogen and oxygen atoms in total. The summed E-state index contributed by atoms with van der Waals surface area (Å²) in [6.07, 6.45) is 4.41. The van der Waals surface area contributed by atoms with Gasteiger partial charge in [-0.3, -0.25) is 4.79 Å². The van der Waals surface area contributed by atoms with Crippen LogP contribution in [0.3, 0.4) is 0 Å². The molecule has 0 bridgehead atoms. The molecule has 0 spiro atoms. The van der Waals surface area contributed by atoms with Gasteiger partial charge in [-0.05, 0) is 66.5 Å². The molecule has 0 aromatic heterocycles. The molecular weight excluding hydrogens is 385 g/mol. The van der Waals surface area contributed by atoms with Crippen LogP contribution in [0.4, 0.5) is 5.69 Å². The van der Waals surface area contributed by atoms with Gasteiger partial charge in [0.1, 0.15) is 0 Å². The van der Waals surface area contributed by atoms with Gasteiger partial charge in [0, 0.05) is 16.6 Å². The number of hydrogen-bond acceptors (Lipinski definition) is 3. The zero-order valence-electron chi connectivity index (χ0n) is 11.6. The Kier molecular flexibility index (Phi) is 5.98. The molecule has 1 aromatic rings. The maximum Gasteiger partial charge on any atom is 0.337 e. The molecular formula is C15H18INO4. The number of carbonyl (C=O) groups is 2. The minimum absolute atomic E-state index is 0.115. The highest BCUT2D eigenvalue weighted by molar-refractivity contribution is 14.1. The Morgan fingerprint density at radius 3 is 2.86 bits per heavy atom. The zero-order chi connectivity index (χ0) is 15.2. The summed E-state index contributed by atoms with van der Waals surface area (Å²) in [5.74, 6) is -1.22. The lowest BCUT2D eigenvalue weighted by molar-refractivity contribution is -0.117. The predicted molar refractivity (Wildman–Crippen MR) is 87.6 cm³/mol. The Labute approximate surface area is 137 Å². The van der Waals surface area contributed by atoms with Crippen LogP contribution >= 0.6 is 22.6 Å². The van der Waals surface area contributed by atoms with E-state index < -0.39 is 5.97 Å². The van der Waals surface area contributed by atoms with E-state index in [1.165, 1.54) is 0 Å². The second kappa shape index (κ2) is 7.74. The lowest BCUT2D eigenvalue weighted by Crippen LogP contribution is -2.22. The van der Waals surface area contributed by atoms with Crippen LogP contribution in [0.15, 0.2) is 18.2 Å². The highest BCUT2D eigenvalue weighted by Gasteiger charge is 2.17. The molecule has 1 aliphatic heterocycles. The topological polar surface area (TPSA) is 75.6 Å². The quantitative estimate of drug-likeness (QED) is 0.741. The molecule has 1 amide bonds. The largest absolute Gasteiger partial charge is 0.478 e. The monoisotopic (exact) mass is 403 g/mol. The van der Waals surface area contributed by atoms with E-state index in [2.05, 4.69) is 5.32 Å². The zero-order valence-corrected chi connectivity index (χ0v) is 13.8. The fourth-order valence-corrected chi connectivity index (χ4v) is 2.83. The van der Waals surface area contributed by atoms with Gasteiger partial charge in [0.05, 0.1) is 17.4 Å². The molecule has 1 fully saturated rings. The number of carboxylic acids is 1. The highest BCUT2D eigenvalue weighted by atomic mass is 127. The fourth-order valence-electron chi connectivity index (χ4n) is 2.34. The number of hydrogen-bond donors (Lipinski definition) is 2. The van der Waals surface area contributed by atoms with E-state index in [0.717, 1.165) is 29.4 Å². The van der Waals surface area contributed by atoms with Crippen LogP contribution in [-0.2, 0) is 9.53 Å². The number of anilines is 1. The molecule has 1 saturated heterocycles. The van der Waals surface area contributed by atoms with Crippen LogP contribution in [0.25, 0.3) is 0 Å². The highest BCUT2D eigenvalue weighted by Crippen LogP contribution is 2.21. The molecule has 6 heteroatoms. The molecule has 114 valence electrons. The summed E-state index contributed by atoms with van der Waals surface area (Å²) >= 11 is 2.04. The van der Waals surface area contributed by atoms with E-state index in [1.807, 2.05) is 22.6 Å². The van der Waals surface area contributed by atoms with Crippen molar-refractivity contribution in [1.82, 2.24) is 0 Å². The third-order valence-electron chi connectivity index (χ3n) is 3.45. The van der Waals surface area contributed by atoms with E-state index >= 15 is 0 Å². The minimum Gasteiger partial charge on any atom is -0.478 e. The first-order valence-electron chi connectivity index (χ1n) is 7.00. The number of amides is 1. The van der Waals surface area contributed by atoms with Gasteiger partial charge in [0.25, 0.3) is 0 Å². The van der Waals surface area contributed by atoms with Crippen LogP contribution in [0.5, 0.6) is 0 Å². The number of nitrogens with one attached hydrogen (secondary N) is 1. The summed E-state index contributed by atoms with van der Waals surface area (Å²) in [6.45, 7) is 0.770. The number of ether oxygens (including phenoxy) is 1. The molecule has 0 radical (unpaired) electrons. The number of halogens is 1. The van der Waals surface area contributed by atoms with Crippen molar-refractivity contribution in [2.75, 3.05) is 11.9 Å². The van der Waals surface area contributed by atoms with Crippen molar-refractivity contribution in [3.63, 3.8) is 0 Å². The molecule has 0 aliphatic carbocycles. The van der Waals surface area contributed by atoms with E-state index in [-0.39, 0.29) is 17.6 Å². The Balaban J connectivity index is 1.91. The molecule has 1 aliphatic rings. The number of carboxylic acid groups (broad SMARTS) is 1. The maximum absolute atomic E-state index is 12.0. The summed E-state index contributed by atoms with van der Waals surface area (Å²) < 4.78 is 6.40. The molecule has 1 atom stereocenters. The molecule has 2 N–H and O–H groups in total. The smallest absolute Gasteiger partial charge is 0.337 e. The van der Waals surface area contributed by atoms with Crippen molar-refractivity contribution < 1.29 is 19.4 Å². The molecule has 0 saturated carbocycles. The van der Waals surface area contributed by atoms with Crippen LogP contribution in [0.1, 0.15) is 42.5 Å². The Morgan fingerprint density at radius 2 is 2.19 bits per heavy atom. The summed E-state index contributed by atoms with van der Waals surface area (Å²) in [7, 11) is 0. The summed E-state index contributed by atoms with van der Waals surface area (Å²) in [6, 6.07) is 4.94. The van der Waals surface area contributed by atoms with E-state index in [0.29, 0.717) is 18.5 Å². The number of benzene rings is 1. The predicted octanol–water partition coefficient (Wildman–Crippen LogP) is 3.28. The van der Waals surface area contributed by atoms with Gasteiger partial charge in [0.2, 0.25) is 5.91 Å². The average molecular weight is 403 g/mol. The van der Waals surface area contributed by atoms with Crippen LogP contribution < -0.4 is 5.32 Å². The second-order valence-electron chi connectivity index (χ2n) is 5.07. The SMILES string of the molecule is O=C(CCC1CCCCO1)Nc1ccc(I)cc1C(=O)O. The lowest BCUT2D eigenvalue weighted by atomic mass is 10.0. The van der Waals surface area contributed by atoms with Crippen molar-refractivity contribution in [2.45, 2.75) is 38.2 Å². The lowest BCUT2D eigenvalue weighted by Gasteiger charge is -2.22. The van der Waals surface area contributed by atoms with Gasteiger partial charge < -0.3 is 15.2 Å². The summed E-state index contributed by atoms with van der Waals surface area (Å²) in [5.41, 5.74) is 0.460. The fraction of sp³-hybridized carbons (Fsp3) is 0.467. The molecule has 2 rings (SSSR count). The molecule has 21 heavy (non-hydrogen) atoms. The third kappa shape index (κ3) is 4.96. The summed E-state index contributed by atoms with van der Waals surface area (Å²) in [4.78, 5) is 23.1. The minimum atomic E-state index is -1.04. The second-order valence-corrected chi connectivity index (χ2v) is 6.32. The first-order chi connectivity index (χ1) is 10.1. The molecule has 1 unspecified atom stereocenters. The number of carbonyl (C=O) groups excluding carboxylic acids is 1.